The predicted molar refractivity (Wildman–Crippen MR) is 137 cm³/mol. The highest BCUT2D eigenvalue weighted by atomic mass is 19.4. The zero-order valence-electron chi connectivity index (χ0n) is 20.4. The van der Waals surface area contributed by atoms with Crippen LogP contribution < -0.4 is 5.73 Å². The third-order valence-corrected chi connectivity index (χ3v) is 6.09. The minimum Gasteiger partial charge on any atom is -0.366 e. The number of halogens is 3. The molecule has 11 heteroatoms. The van der Waals surface area contributed by atoms with E-state index in [0.29, 0.717) is 5.56 Å². The highest BCUT2D eigenvalue weighted by Gasteiger charge is 2.34. The molecule has 1 aliphatic rings. The molecule has 1 aliphatic heterocycles. The third-order valence-electron chi connectivity index (χ3n) is 6.09. The van der Waals surface area contributed by atoms with Gasteiger partial charge in [0, 0.05) is 56.5 Å². The van der Waals surface area contributed by atoms with Crippen LogP contribution in [0.15, 0.2) is 54.7 Å². The van der Waals surface area contributed by atoms with Crippen molar-refractivity contribution in [3.8, 4) is 11.8 Å². The summed E-state index contributed by atoms with van der Waals surface area (Å²) in [4.78, 5) is 34.3. The van der Waals surface area contributed by atoms with E-state index in [9.17, 15) is 22.8 Å². The molecule has 0 spiro atoms. The van der Waals surface area contributed by atoms with E-state index < -0.39 is 23.3 Å². The maximum atomic E-state index is 13.6. The monoisotopic (exact) mass is 518 g/mol. The highest BCUT2D eigenvalue weighted by molar-refractivity contribution is 6.64. The predicted octanol–water partition coefficient (Wildman–Crippen LogP) is 2.51. The Balaban J connectivity index is 1.47. The van der Waals surface area contributed by atoms with Crippen molar-refractivity contribution in [1.29, 1.82) is 0 Å². The zero-order chi connectivity index (χ0) is 27.1. The molecule has 38 heavy (non-hydrogen) atoms. The van der Waals surface area contributed by atoms with Gasteiger partial charge < -0.3 is 15.3 Å². The van der Waals surface area contributed by atoms with Crippen molar-refractivity contribution in [2.24, 2.45) is 5.73 Å². The second kappa shape index (κ2) is 12.0. The lowest BCUT2D eigenvalue weighted by Gasteiger charge is -2.33. The third kappa shape index (κ3) is 7.28. The lowest BCUT2D eigenvalue weighted by molar-refractivity contribution is -0.138. The van der Waals surface area contributed by atoms with Crippen molar-refractivity contribution >= 4 is 19.5 Å². The molecule has 4 rings (SSSR count). The number of primary amides is 1. The number of amides is 1. The zero-order valence-corrected chi connectivity index (χ0v) is 20.4. The summed E-state index contributed by atoms with van der Waals surface area (Å²) in [6.07, 6.45) is -2.88. The lowest BCUT2D eigenvalue weighted by Crippen LogP contribution is -2.47. The van der Waals surface area contributed by atoms with Gasteiger partial charge in [-0.25, -0.2) is 9.97 Å². The number of rotatable bonds is 7. The van der Waals surface area contributed by atoms with Crippen molar-refractivity contribution in [2.45, 2.75) is 19.1 Å². The van der Waals surface area contributed by atoms with Crippen LogP contribution >= 0.6 is 0 Å². The van der Waals surface area contributed by atoms with Crippen LogP contribution in [-0.4, -0.2) is 65.4 Å². The molecular formula is C27H24BF3N5O2. The maximum Gasteiger partial charge on any atom is 0.420 e. The van der Waals surface area contributed by atoms with Gasteiger partial charge in [0.05, 0.1) is 6.19 Å². The largest absolute Gasteiger partial charge is 0.420 e. The maximum absolute atomic E-state index is 13.6. The first-order valence-corrected chi connectivity index (χ1v) is 11.9. The molecule has 0 atom stereocenters. The Kier molecular flexibility index (Phi) is 8.56. The van der Waals surface area contributed by atoms with Gasteiger partial charge in [-0.2, -0.15) is 13.2 Å². The van der Waals surface area contributed by atoms with Gasteiger partial charge in [0.2, 0.25) is 5.91 Å². The molecule has 0 bridgehead atoms. The van der Waals surface area contributed by atoms with Crippen LogP contribution in [0, 0.1) is 11.8 Å². The van der Waals surface area contributed by atoms with Gasteiger partial charge >= 0.3 is 6.18 Å². The number of hydrogen-bond donors (Lipinski definition) is 1. The van der Waals surface area contributed by atoms with E-state index in [0.717, 1.165) is 56.2 Å². The molecule has 3 aromatic rings. The molecule has 0 unspecified atom stereocenters. The fourth-order valence-electron chi connectivity index (χ4n) is 4.05. The molecule has 1 amide bonds. The number of nitrogens with zero attached hydrogens (tertiary/aromatic N) is 4. The summed E-state index contributed by atoms with van der Waals surface area (Å²) in [6, 6.07) is 13.8. The molecule has 1 fully saturated rings. The van der Waals surface area contributed by atoms with Gasteiger partial charge in [-0.05, 0) is 35.2 Å². The molecule has 7 nitrogen and oxygen atoms in total. The summed E-state index contributed by atoms with van der Waals surface area (Å²) < 4.78 is 40.7. The molecule has 1 aromatic heterocycles. The van der Waals surface area contributed by atoms with E-state index in [1.807, 2.05) is 29.1 Å². The second-order valence-electron chi connectivity index (χ2n) is 8.83. The van der Waals surface area contributed by atoms with Crippen LogP contribution in [0.2, 0.25) is 0 Å². The molecule has 0 saturated carbocycles. The van der Waals surface area contributed by atoms with Crippen LogP contribution in [0.5, 0.6) is 0 Å². The van der Waals surface area contributed by atoms with Gasteiger partial charge in [-0.3, -0.25) is 9.69 Å². The van der Waals surface area contributed by atoms with Crippen molar-refractivity contribution in [1.82, 2.24) is 19.7 Å². The minimum atomic E-state index is -4.67. The number of carbonyl (C=O) groups excluding carboxylic acids is 2. The highest BCUT2D eigenvalue weighted by Crippen LogP contribution is 2.30. The van der Waals surface area contributed by atoms with Gasteiger partial charge in [0.1, 0.15) is 17.1 Å². The summed E-state index contributed by atoms with van der Waals surface area (Å²) in [6.45, 7) is 4.06. The lowest BCUT2D eigenvalue weighted by atomic mass is 9.93. The standard InChI is InChI=1S/C27H24BF3N5O2/c29-27(30,31)23-16-33-25(34-24(23)9-8-19-2-1-3-22(14-19)26(32)38)15-20-4-6-21(7-5-20)17-35-10-12-36(13-11-35)28-18-37/h1-7,14,16,18H,10-13,15,17H2,(H2,32,38). The smallest absolute Gasteiger partial charge is 0.366 e. The van der Waals surface area contributed by atoms with E-state index in [4.69, 9.17) is 5.73 Å². The average molecular weight is 518 g/mol. The van der Waals surface area contributed by atoms with Crippen molar-refractivity contribution in [3.05, 3.63) is 94.1 Å². The van der Waals surface area contributed by atoms with E-state index in [1.165, 1.54) is 12.1 Å². The molecule has 193 valence electrons. The van der Waals surface area contributed by atoms with Crippen molar-refractivity contribution in [3.63, 3.8) is 0 Å². The summed E-state index contributed by atoms with van der Waals surface area (Å²) in [5, 5.41) is 0. The first-order valence-electron chi connectivity index (χ1n) is 11.9. The Labute approximate surface area is 219 Å². The number of alkyl halides is 3. The van der Waals surface area contributed by atoms with E-state index in [-0.39, 0.29) is 17.8 Å². The molecule has 1 radical (unpaired) electrons. The Morgan fingerprint density at radius 3 is 2.42 bits per heavy atom. The summed E-state index contributed by atoms with van der Waals surface area (Å²) in [5.74, 6) is 4.69. The molecule has 1 saturated heterocycles. The van der Waals surface area contributed by atoms with Crippen LogP contribution in [0.1, 0.15) is 44.1 Å². The van der Waals surface area contributed by atoms with Gasteiger partial charge in [0.25, 0.3) is 7.41 Å². The number of piperazine rings is 1. The normalized spacial score (nSPS) is 14.4. The SMILES string of the molecule is NC(=O)c1cccc(C#Cc2nc(Cc3ccc(CN4CCN([B]C=O)CC4)cc3)ncc2C(F)(F)F)c1. The first kappa shape index (κ1) is 27.0. The fourth-order valence-corrected chi connectivity index (χ4v) is 4.05. The Hall–Kier alpha value is -4.01. The minimum absolute atomic E-state index is 0.207. The quantitative estimate of drug-likeness (QED) is 0.294. The Bertz CT molecular complexity index is 1360. The van der Waals surface area contributed by atoms with Crippen LogP contribution in [0.3, 0.4) is 0 Å². The Morgan fingerprint density at radius 2 is 1.76 bits per heavy atom. The molecule has 0 aliphatic carbocycles. The summed E-state index contributed by atoms with van der Waals surface area (Å²) >= 11 is 0. The number of hydrogen-bond acceptors (Lipinski definition) is 6. The van der Waals surface area contributed by atoms with Crippen molar-refractivity contribution in [2.75, 3.05) is 26.2 Å². The van der Waals surface area contributed by atoms with Gasteiger partial charge in [-0.15, -0.1) is 0 Å². The molecule has 2 N–H and O–H groups in total. The topological polar surface area (TPSA) is 92.4 Å². The van der Waals surface area contributed by atoms with Crippen LogP contribution in [0.25, 0.3) is 0 Å². The second-order valence-corrected chi connectivity index (χ2v) is 8.83. The van der Waals surface area contributed by atoms with Crippen LogP contribution in [-0.2, 0) is 23.9 Å². The fraction of sp³-hybridized carbons (Fsp3) is 0.259. The number of nitrogens with two attached hydrogens (primary N) is 1. The molecule has 2 aromatic carbocycles. The van der Waals surface area contributed by atoms with E-state index >= 15 is 0 Å². The number of benzene rings is 2. The van der Waals surface area contributed by atoms with Gasteiger partial charge in [0.15, 0.2) is 0 Å². The van der Waals surface area contributed by atoms with E-state index in [2.05, 4.69) is 26.7 Å². The number of aromatic nitrogens is 2. The van der Waals surface area contributed by atoms with E-state index in [1.54, 1.807) is 19.5 Å². The molecule has 2 heterocycles. The summed E-state index contributed by atoms with van der Waals surface area (Å²) in [7, 11) is 1.56. The van der Waals surface area contributed by atoms with Crippen molar-refractivity contribution < 1.29 is 22.8 Å². The van der Waals surface area contributed by atoms with Gasteiger partial charge in [-0.1, -0.05) is 36.3 Å². The van der Waals surface area contributed by atoms with Crippen LogP contribution in [0.4, 0.5) is 13.2 Å². The average Bonchev–Trinajstić information content (AvgIpc) is 2.89. The first-order chi connectivity index (χ1) is 18.2. The number of carbonyl (C=O) groups is 2. The molecular weight excluding hydrogens is 494 g/mol. The summed E-state index contributed by atoms with van der Waals surface area (Å²) in [5.41, 5.74) is 6.31. The Morgan fingerprint density at radius 1 is 1.05 bits per heavy atom.